The maximum absolute atomic E-state index is 5.84. The van der Waals surface area contributed by atoms with E-state index in [1.54, 1.807) is 36.4 Å². The van der Waals surface area contributed by atoms with Crippen LogP contribution in [0.15, 0.2) is 52.9 Å². The van der Waals surface area contributed by atoms with Crippen LogP contribution in [0.1, 0.15) is 18.9 Å². The fourth-order valence-electron chi connectivity index (χ4n) is 1.87. The van der Waals surface area contributed by atoms with E-state index in [1.165, 1.54) is 0 Å². The van der Waals surface area contributed by atoms with Crippen LogP contribution in [0.3, 0.4) is 0 Å². The molecule has 5 nitrogen and oxygen atoms in total. The zero-order valence-electron chi connectivity index (χ0n) is 12.2. The Morgan fingerprint density at radius 1 is 0.957 bits per heavy atom. The van der Waals surface area contributed by atoms with E-state index in [0.717, 1.165) is 5.69 Å². The maximum atomic E-state index is 5.84. The highest BCUT2D eigenvalue weighted by atomic mass is 35.5. The number of anilines is 2. The Morgan fingerprint density at radius 2 is 1.57 bits per heavy atom. The van der Waals surface area contributed by atoms with Crippen LogP contribution in [0.5, 0.6) is 5.75 Å². The predicted octanol–water partition coefficient (Wildman–Crippen LogP) is 5.26. The number of hydrogen-bond acceptors (Lipinski definition) is 5. The molecule has 0 radical (unpaired) electrons. The zero-order valence-corrected chi connectivity index (χ0v) is 13.7. The standard InChI is InChI=1S/C16H13Cl2N3O2/c1-10(22-14-8-4-12(18)5-9-14)15-20-21-16(23-15)19-13-6-2-11(17)3-7-13/h2-10H,1H3,(H,19,21). The molecule has 0 fully saturated rings. The van der Waals surface area contributed by atoms with Crippen molar-refractivity contribution < 1.29 is 9.15 Å². The monoisotopic (exact) mass is 349 g/mol. The van der Waals surface area contributed by atoms with Gasteiger partial charge in [0.15, 0.2) is 6.10 Å². The highest BCUT2D eigenvalue weighted by Crippen LogP contribution is 2.24. The smallest absolute Gasteiger partial charge is 0.320 e. The molecular weight excluding hydrogens is 337 g/mol. The predicted molar refractivity (Wildman–Crippen MR) is 89.5 cm³/mol. The number of halogens is 2. The lowest BCUT2D eigenvalue weighted by molar-refractivity contribution is 0.190. The molecule has 1 atom stereocenters. The quantitative estimate of drug-likeness (QED) is 0.680. The molecule has 0 amide bonds. The summed E-state index contributed by atoms with van der Waals surface area (Å²) in [5.74, 6) is 1.05. The van der Waals surface area contributed by atoms with Crippen LogP contribution in [-0.2, 0) is 0 Å². The Balaban J connectivity index is 1.66. The molecule has 3 rings (SSSR count). The van der Waals surface area contributed by atoms with E-state index < -0.39 is 0 Å². The number of hydrogen-bond donors (Lipinski definition) is 1. The van der Waals surface area contributed by atoms with Crippen molar-refractivity contribution in [1.29, 1.82) is 0 Å². The second-order valence-electron chi connectivity index (χ2n) is 4.79. The van der Waals surface area contributed by atoms with Crippen LogP contribution < -0.4 is 10.1 Å². The molecule has 118 valence electrons. The molecule has 0 bridgehead atoms. The number of aromatic nitrogens is 2. The van der Waals surface area contributed by atoms with E-state index >= 15 is 0 Å². The summed E-state index contributed by atoms with van der Waals surface area (Å²) in [7, 11) is 0. The molecule has 0 saturated carbocycles. The van der Waals surface area contributed by atoms with Crippen LogP contribution in [0.4, 0.5) is 11.7 Å². The number of nitrogens with zero attached hydrogens (tertiary/aromatic N) is 2. The lowest BCUT2D eigenvalue weighted by Crippen LogP contribution is -2.03. The maximum Gasteiger partial charge on any atom is 0.320 e. The highest BCUT2D eigenvalue weighted by Gasteiger charge is 2.15. The lowest BCUT2D eigenvalue weighted by Gasteiger charge is -2.10. The molecule has 2 aromatic carbocycles. The largest absolute Gasteiger partial charge is 0.481 e. The van der Waals surface area contributed by atoms with Crippen molar-refractivity contribution in [3.8, 4) is 5.75 Å². The molecule has 7 heteroatoms. The summed E-state index contributed by atoms with van der Waals surface area (Å²) in [5.41, 5.74) is 0.802. The van der Waals surface area contributed by atoms with Crippen molar-refractivity contribution in [2.75, 3.05) is 5.32 Å². The van der Waals surface area contributed by atoms with E-state index in [2.05, 4.69) is 15.5 Å². The van der Waals surface area contributed by atoms with Gasteiger partial charge < -0.3 is 14.5 Å². The molecule has 0 aliphatic carbocycles. The molecule has 1 unspecified atom stereocenters. The average Bonchev–Trinajstić information content (AvgIpc) is 3.00. The second kappa shape index (κ2) is 6.89. The normalized spacial score (nSPS) is 12.0. The molecule has 1 aromatic heterocycles. The third-order valence-electron chi connectivity index (χ3n) is 3.01. The Kier molecular flexibility index (Phi) is 4.69. The van der Waals surface area contributed by atoms with Gasteiger partial charge in [0, 0.05) is 15.7 Å². The van der Waals surface area contributed by atoms with Gasteiger partial charge in [0.05, 0.1) is 0 Å². The first-order valence-electron chi connectivity index (χ1n) is 6.88. The van der Waals surface area contributed by atoms with E-state index in [-0.39, 0.29) is 12.1 Å². The lowest BCUT2D eigenvalue weighted by atomic mass is 10.3. The van der Waals surface area contributed by atoms with Gasteiger partial charge in [0.25, 0.3) is 5.89 Å². The fourth-order valence-corrected chi connectivity index (χ4v) is 2.13. The summed E-state index contributed by atoms with van der Waals surface area (Å²) in [4.78, 5) is 0. The summed E-state index contributed by atoms with van der Waals surface area (Å²) < 4.78 is 11.3. The summed E-state index contributed by atoms with van der Waals surface area (Å²) in [6.07, 6.45) is -0.385. The second-order valence-corrected chi connectivity index (χ2v) is 5.66. The van der Waals surface area contributed by atoms with Crippen molar-refractivity contribution in [2.24, 2.45) is 0 Å². The molecule has 23 heavy (non-hydrogen) atoms. The van der Waals surface area contributed by atoms with Gasteiger partial charge in [-0.1, -0.05) is 28.3 Å². The van der Waals surface area contributed by atoms with Gasteiger partial charge in [0.1, 0.15) is 5.75 Å². The number of rotatable bonds is 5. The number of nitrogens with one attached hydrogen (secondary N) is 1. The van der Waals surface area contributed by atoms with Crippen LogP contribution in [-0.4, -0.2) is 10.2 Å². The Labute approximate surface area is 143 Å². The Bertz CT molecular complexity index is 773. The average molecular weight is 350 g/mol. The minimum absolute atomic E-state index is 0.286. The summed E-state index contributed by atoms with van der Waals surface area (Å²) >= 11 is 11.7. The van der Waals surface area contributed by atoms with Crippen LogP contribution in [0.25, 0.3) is 0 Å². The van der Waals surface area contributed by atoms with E-state index in [9.17, 15) is 0 Å². The first-order chi connectivity index (χ1) is 11.1. The number of benzene rings is 2. The van der Waals surface area contributed by atoms with Crippen molar-refractivity contribution in [3.63, 3.8) is 0 Å². The molecule has 0 aliphatic heterocycles. The zero-order chi connectivity index (χ0) is 16.2. The van der Waals surface area contributed by atoms with Gasteiger partial charge >= 0.3 is 6.01 Å². The third-order valence-corrected chi connectivity index (χ3v) is 3.51. The van der Waals surface area contributed by atoms with Gasteiger partial charge in [-0.25, -0.2) is 0 Å². The summed E-state index contributed by atoms with van der Waals surface area (Å²) in [6.45, 7) is 1.83. The van der Waals surface area contributed by atoms with Crippen molar-refractivity contribution in [3.05, 3.63) is 64.5 Å². The molecule has 0 aliphatic rings. The van der Waals surface area contributed by atoms with Crippen molar-refractivity contribution >= 4 is 34.9 Å². The van der Waals surface area contributed by atoms with E-state index in [4.69, 9.17) is 32.4 Å². The summed E-state index contributed by atoms with van der Waals surface area (Å²) in [5, 5.41) is 12.3. The minimum Gasteiger partial charge on any atom is -0.481 e. The molecule has 1 heterocycles. The van der Waals surface area contributed by atoms with Gasteiger partial charge in [-0.05, 0) is 55.5 Å². The van der Waals surface area contributed by atoms with Crippen LogP contribution in [0.2, 0.25) is 10.0 Å². The Morgan fingerprint density at radius 3 is 2.22 bits per heavy atom. The van der Waals surface area contributed by atoms with Crippen molar-refractivity contribution in [2.45, 2.75) is 13.0 Å². The van der Waals surface area contributed by atoms with Crippen LogP contribution >= 0.6 is 23.2 Å². The third kappa shape index (κ3) is 4.15. The fraction of sp³-hybridized carbons (Fsp3) is 0.125. The Hall–Kier alpha value is -2.24. The minimum atomic E-state index is -0.385. The van der Waals surface area contributed by atoms with Gasteiger partial charge in [-0.2, -0.15) is 0 Å². The number of ether oxygens (including phenoxy) is 1. The first-order valence-corrected chi connectivity index (χ1v) is 7.64. The summed E-state index contributed by atoms with van der Waals surface area (Å²) in [6, 6.07) is 14.5. The van der Waals surface area contributed by atoms with Gasteiger partial charge in [-0.3, -0.25) is 0 Å². The first kappa shape index (κ1) is 15.6. The van der Waals surface area contributed by atoms with E-state index in [0.29, 0.717) is 21.7 Å². The molecule has 3 aromatic rings. The highest BCUT2D eigenvalue weighted by molar-refractivity contribution is 6.30. The molecular formula is C16H13Cl2N3O2. The molecule has 0 saturated heterocycles. The van der Waals surface area contributed by atoms with Crippen molar-refractivity contribution in [1.82, 2.24) is 10.2 Å². The molecule has 1 N–H and O–H groups in total. The molecule has 0 spiro atoms. The SMILES string of the molecule is CC(Oc1ccc(Cl)cc1)c1nnc(Nc2ccc(Cl)cc2)o1. The van der Waals surface area contributed by atoms with Crippen LogP contribution in [0, 0.1) is 0 Å². The topological polar surface area (TPSA) is 60.2 Å². The van der Waals surface area contributed by atoms with E-state index in [1.807, 2.05) is 19.1 Å². The van der Waals surface area contributed by atoms with Gasteiger partial charge in [-0.15, -0.1) is 5.10 Å². The van der Waals surface area contributed by atoms with Gasteiger partial charge in [0.2, 0.25) is 0 Å².